The summed E-state index contributed by atoms with van der Waals surface area (Å²) in [5, 5.41) is 4.31. The Morgan fingerprint density at radius 3 is 2.54 bits per heavy atom. The van der Waals surface area contributed by atoms with Crippen molar-refractivity contribution in [2.24, 2.45) is 0 Å². The van der Waals surface area contributed by atoms with Gasteiger partial charge < -0.3 is 10.1 Å². The number of methoxy groups -OCH3 is 1. The van der Waals surface area contributed by atoms with Crippen LogP contribution in [0.1, 0.15) is 10.4 Å². The zero-order valence-electron chi connectivity index (χ0n) is 15.0. The summed E-state index contributed by atoms with van der Waals surface area (Å²) in [7, 11) is 1.54. The number of carbonyl (C=O) groups is 1. The number of carbonyl (C=O) groups excluding carboxylic acids is 1. The molecule has 0 aliphatic carbocycles. The van der Waals surface area contributed by atoms with Crippen molar-refractivity contribution in [2.45, 2.75) is 0 Å². The van der Waals surface area contributed by atoms with Crippen LogP contribution in [-0.2, 0) is 0 Å². The van der Waals surface area contributed by atoms with Crippen LogP contribution >= 0.6 is 11.6 Å². The molecular formula is C22H16ClN3O2. The monoisotopic (exact) mass is 389 g/mol. The lowest BCUT2D eigenvalue weighted by Crippen LogP contribution is -2.13. The first-order valence-electron chi connectivity index (χ1n) is 8.61. The van der Waals surface area contributed by atoms with Crippen LogP contribution in [0.25, 0.3) is 22.2 Å². The number of rotatable bonds is 4. The van der Waals surface area contributed by atoms with Gasteiger partial charge in [-0.2, -0.15) is 0 Å². The molecule has 0 fully saturated rings. The number of anilines is 1. The summed E-state index contributed by atoms with van der Waals surface area (Å²) in [6.07, 6.45) is 1.56. The van der Waals surface area contributed by atoms with Gasteiger partial charge in [0.15, 0.2) is 0 Å². The lowest BCUT2D eigenvalue weighted by Gasteiger charge is -2.11. The van der Waals surface area contributed by atoms with Crippen molar-refractivity contribution in [3.05, 3.63) is 83.5 Å². The summed E-state index contributed by atoms with van der Waals surface area (Å²) < 4.78 is 5.05. The Hall–Kier alpha value is -3.44. The van der Waals surface area contributed by atoms with Gasteiger partial charge in [0.25, 0.3) is 5.91 Å². The SMILES string of the molecule is COc1ccc(NC(=O)c2cc(-c3ccc(Cl)cc3)nc3ccccc23)cn1. The molecule has 0 aliphatic heterocycles. The fraction of sp³-hybridized carbons (Fsp3) is 0.0455. The van der Waals surface area contributed by atoms with Gasteiger partial charge in [0.2, 0.25) is 5.88 Å². The molecule has 0 radical (unpaired) electrons. The number of ether oxygens (including phenoxy) is 1. The highest BCUT2D eigenvalue weighted by Crippen LogP contribution is 2.26. The zero-order chi connectivity index (χ0) is 19.5. The largest absolute Gasteiger partial charge is 0.481 e. The Bertz CT molecular complexity index is 1140. The van der Waals surface area contributed by atoms with Gasteiger partial charge in [-0.25, -0.2) is 9.97 Å². The van der Waals surface area contributed by atoms with Crippen molar-refractivity contribution in [2.75, 3.05) is 12.4 Å². The third-order valence-corrected chi connectivity index (χ3v) is 4.56. The molecule has 4 aromatic rings. The highest BCUT2D eigenvalue weighted by molar-refractivity contribution is 6.30. The smallest absolute Gasteiger partial charge is 0.256 e. The van der Waals surface area contributed by atoms with Gasteiger partial charge in [0.1, 0.15) is 0 Å². The number of nitrogens with zero attached hydrogens (tertiary/aromatic N) is 2. The lowest BCUT2D eigenvalue weighted by atomic mass is 10.0. The van der Waals surface area contributed by atoms with E-state index in [1.54, 1.807) is 43.6 Å². The van der Waals surface area contributed by atoms with Crippen LogP contribution in [0.3, 0.4) is 0 Å². The Morgan fingerprint density at radius 2 is 1.82 bits per heavy atom. The van der Waals surface area contributed by atoms with E-state index in [2.05, 4.69) is 10.3 Å². The van der Waals surface area contributed by atoms with Crippen LogP contribution in [0.2, 0.25) is 5.02 Å². The van der Waals surface area contributed by atoms with Crippen LogP contribution in [0.4, 0.5) is 5.69 Å². The maximum absolute atomic E-state index is 13.0. The number of hydrogen-bond donors (Lipinski definition) is 1. The molecule has 28 heavy (non-hydrogen) atoms. The average molecular weight is 390 g/mol. The predicted molar refractivity (Wildman–Crippen MR) is 111 cm³/mol. The van der Waals surface area contributed by atoms with E-state index in [9.17, 15) is 4.79 Å². The van der Waals surface area contributed by atoms with Gasteiger partial charge in [0, 0.05) is 22.0 Å². The molecule has 2 aromatic heterocycles. The number of pyridine rings is 2. The van der Waals surface area contributed by atoms with Crippen LogP contribution in [0.15, 0.2) is 72.9 Å². The second-order valence-electron chi connectivity index (χ2n) is 6.12. The summed E-state index contributed by atoms with van der Waals surface area (Å²) in [4.78, 5) is 21.8. The number of fused-ring (bicyclic) bond motifs is 1. The second-order valence-corrected chi connectivity index (χ2v) is 6.56. The number of halogens is 1. The van der Waals surface area contributed by atoms with Crippen molar-refractivity contribution in [1.29, 1.82) is 0 Å². The number of nitrogens with one attached hydrogen (secondary N) is 1. The molecule has 0 bridgehead atoms. The predicted octanol–water partition coefficient (Wildman–Crippen LogP) is 5.21. The van der Waals surface area contributed by atoms with Crippen LogP contribution < -0.4 is 10.1 Å². The topological polar surface area (TPSA) is 64.1 Å². The Labute approximate surface area is 167 Å². The van der Waals surface area contributed by atoms with Crippen molar-refractivity contribution in [3.8, 4) is 17.1 Å². The number of para-hydroxylation sites is 1. The van der Waals surface area contributed by atoms with Crippen LogP contribution in [0.5, 0.6) is 5.88 Å². The highest BCUT2D eigenvalue weighted by Gasteiger charge is 2.14. The molecule has 1 N–H and O–H groups in total. The molecule has 1 amide bonds. The van der Waals surface area contributed by atoms with E-state index in [4.69, 9.17) is 21.3 Å². The van der Waals surface area contributed by atoms with E-state index >= 15 is 0 Å². The van der Waals surface area contributed by atoms with Gasteiger partial charge in [-0.3, -0.25) is 4.79 Å². The third kappa shape index (κ3) is 3.66. The standard InChI is InChI=1S/C22H16ClN3O2/c1-28-21-11-10-16(13-24-21)25-22(27)18-12-20(14-6-8-15(23)9-7-14)26-19-5-3-2-4-17(18)19/h2-13H,1H3,(H,25,27). The minimum absolute atomic E-state index is 0.235. The fourth-order valence-electron chi connectivity index (χ4n) is 2.91. The molecule has 4 rings (SSSR count). The first-order valence-corrected chi connectivity index (χ1v) is 8.99. The van der Waals surface area contributed by atoms with Gasteiger partial charge in [-0.05, 0) is 30.3 Å². The summed E-state index contributed by atoms with van der Waals surface area (Å²) >= 11 is 5.99. The normalized spacial score (nSPS) is 10.6. The molecule has 0 aliphatic rings. The molecule has 2 heterocycles. The van der Waals surface area contributed by atoms with E-state index < -0.39 is 0 Å². The molecule has 138 valence electrons. The molecule has 0 unspecified atom stereocenters. The summed E-state index contributed by atoms with van der Waals surface area (Å²) in [6.45, 7) is 0. The molecule has 0 spiro atoms. The first-order chi connectivity index (χ1) is 13.6. The summed E-state index contributed by atoms with van der Waals surface area (Å²) in [6, 6.07) is 20.2. The summed E-state index contributed by atoms with van der Waals surface area (Å²) in [5.41, 5.74) is 3.45. The zero-order valence-corrected chi connectivity index (χ0v) is 15.8. The van der Waals surface area contributed by atoms with E-state index in [0.717, 1.165) is 16.5 Å². The van der Waals surface area contributed by atoms with Crippen molar-refractivity contribution < 1.29 is 9.53 Å². The average Bonchev–Trinajstić information content (AvgIpc) is 2.74. The quantitative estimate of drug-likeness (QED) is 0.520. The molecule has 0 saturated carbocycles. The van der Waals surface area contributed by atoms with E-state index in [-0.39, 0.29) is 5.91 Å². The van der Waals surface area contributed by atoms with Crippen LogP contribution in [-0.4, -0.2) is 23.0 Å². The minimum atomic E-state index is -0.235. The van der Waals surface area contributed by atoms with Crippen molar-refractivity contribution >= 4 is 34.1 Å². The molecule has 2 aromatic carbocycles. The first kappa shape index (κ1) is 17.9. The molecule has 5 nitrogen and oxygen atoms in total. The molecular weight excluding hydrogens is 374 g/mol. The number of benzene rings is 2. The van der Waals surface area contributed by atoms with E-state index in [1.165, 1.54) is 0 Å². The van der Waals surface area contributed by atoms with Crippen molar-refractivity contribution in [3.63, 3.8) is 0 Å². The maximum Gasteiger partial charge on any atom is 0.256 e. The van der Waals surface area contributed by atoms with Gasteiger partial charge in [-0.15, -0.1) is 0 Å². The van der Waals surface area contributed by atoms with Gasteiger partial charge in [-0.1, -0.05) is 41.9 Å². The van der Waals surface area contributed by atoms with Crippen LogP contribution in [0, 0.1) is 0 Å². The van der Waals surface area contributed by atoms with E-state index in [1.807, 2.05) is 36.4 Å². The lowest BCUT2D eigenvalue weighted by molar-refractivity contribution is 0.102. The summed E-state index contributed by atoms with van der Waals surface area (Å²) in [5.74, 6) is 0.248. The fourth-order valence-corrected chi connectivity index (χ4v) is 3.03. The second kappa shape index (κ2) is 7.66. The van der Waals surface area contributed by atoms with Crippen molar-refractivity contribution in [1.82, 2.24) is 9.97 Å². The van der Waals surface area contributed by atoms with E-state index in [0.29, 0.717) is 27.8 Å². The number of hydrogen-bond acceptors (Lipinski definition) is 4. The molecule has 0 atom stereocenters. The van der Waals surface area contributed by atoms with Gasteiger partial charge in [0.05, 0.1) is 35.8 Å². The minimum Gasteiger partial charge on any atom is -0.481 e. The maximum atomic E-state index is 13.0. The molecule has 0 saturated heterocycles. The number of aromatic nitrogens is 2. The van der Waals surface area contributed by atoms with Gasteiger partial charge >= 0.3 is 0 Å². The molecule has 6 heteroatoms. The number of amides is 1. The highest BCUT2D eigenvalue weighted by atomic mass is 35.5. The third-order valence-electron chi connectivity index (χ3n) is 4.30. The Kier molecular flexibility index (Phi) is 4.91. The Balaban J connectivity index is 1.75. The Morgan fingerprint density at radius 1 is 1.04 bits per heavy atom.